The first-order valence-electron chi connectivity index (χ1n) is 9.22. The van der Waals surface area contributed by atoms with Gasteiger partial charge in [-0.25, -0.2) is 0 Å². The molecule has 116 valence electrons. The van der Waals surface area contributed by atoms with Gasteiger partial charge in [0.1, 0.15) is 0 Å². The maximum atomic E-state index is 6.52. The predicted molar refractivity (Wildman–Crippen MR) is 84.0 cm³/mol. The van der Waals surface area contributed by atoms with Crippen LogP contribution >= 0.6 is 0 Å². The quantitative estimate of drug-likeness (QED) is 0.744. The smallest absolute Gasteiger partial charge is 0.0687 e. The monoisotopic (exact) mass is 279 g/mol. The summed E-state index contributed by atoms with van der Waals surface area (Å²) in [5.41, 5.74) is 0.314. The second kappa shape index (κ2) is 6.79. The molecule has 0 amide bonds. The van der Waals surface area contributed by atoms with Crippen LogP contribution in [0.5, 0.6) is 0 Å². The van der Waals surface area contributed by atoms with Gasteiger partial charge in [0.2, 0.25) is 0 Å². The number of hydrogen-bond donors (Lipinski definition) is 1. The maximum absolute atomic E-state index is 6.52. The van der Waals surface area contributed by atoms with Crippen molar-refractivity contribution in [3.8, 4) is 0 Å². The second-order valence-corrected chi connectivity index (χ2v) is 7.50. The minimum Gasteiger partial charge on any atom is -0.372 e. The molecular formula is C18H33NO. The summed E-state index contributed by atoms with van der Waals surface area (Å²) >= 11 is 0. The molecule has 3 fully saturated rings. The van der Waals surface area contributed by atoms with E-state index >= 15 is 0 Å². The molecule has 0 bridgehead atoms. The normalized spacial score (nSPS) is 30.8. The average molecular weight is 279 g/mol. The highest BCUT2D eigenvalue weighted by molar-refractivity contribution is 4.92. The van der Waals surface area contributed by atoms with Crippen molar-refractivity contribution in [2.75, 3.05) is 6.54 Å². The standard InChI is InChI=1S/C18H33NO/c1-2-14-19-17(15-6-7-15)9-8-16-10-13-18(20-16)11-4-3-5-12-18/h15-17,19H,2-14H2,1H3. The van der Waals surface area contributed by atoms with Crippen molar-refractivity contribution >= 4 is 0 Å². The Labute approximate surface area is 125 Å². The molecule has 1 spiro atoms. The summed E-state index contributed by atoms with van der Waals surface area (Å²) in [5.74, 6) is 0.978. The number of nitrogens with one attached hydrogen (secondary N) is 1. The van der Waals surface area contributed by atoms with Gasteiger partial charge < -0.3 is 10.1 Å². The molecular weight excluding hydrogens is 246 g/mol. The molecule has 0 radical (unpaired) electrons. The summed E-state index contributed by atoms with van der Waals surface area (Å²) in [5, 5.41) is 3.77. The molecule has 20 heavy (non-hydrogen) atoms. The van der Waals surface area contributed by atoms with Crippen LogP contribution in [0.1, 0.15) is 84.0 Å². The fraction of sp³-hybridized carbons (Fsp3) is 1.00. The Morgan fingerprint density at radius 1 is 1.10 bits per heavy atom. The molecule has 1 N–H and O–H groups in total. The van der Waals surface area contributed by atoms with Crippen molar-refractivity contribution in [2.24, 2.45) is 5.92 Å². The fourth-order valence-electron chi connectivity index (χ4n) is 4.36. The summed E-state index contributed by atoms with van der Waals surface area (Å²) in [6.45, 7) is 3.46. The van der Waals surface area contributed by atoms with Crippen LogP contribution in [-0.2, 0) is 4.74 Å². The number of ether oxygens (including phenoxy) is 1. The third-order valence-corrected chi connectivity index (χ3v) is 5.75. The van der Waals surface area contributed by atoms with Crippen LogP contribution in [-0.4, -0.2) is 24.3 Å². The Hall–Kier alpha value is -0.0800. The molecule has 0 aromatic carbocycles. The molecule has 2 atom stereocenters. The van der Waals surface area contributed by atoms with Crippen LogP contribution in [0.2, 0.25) is 0 Å². The van der Waals surface area contributed by atoms with Gasteiger partial charge in [-0.3, -0.25) is 0 Å². The van der Waals surface area contributed by atoms with E-state index in [0.717, 1.165) is 12.0 Å². The van der Waals surface area contributed by atoms with Gasteiger partial charge >= 0.3 is 0 Å². The lowest BCUT2D eigenvalue weighted by Gasteiger charge is -2.33. The Balaban J connectivity index is 1.41. The van der Waals surface area contributed by atoms with Crippen LogP contribution in [0.4, 0.5) is 0 Å². The molecule has 1 heterocycles. The van der Waals surface area contributed by atoms with E-state index in [2.05, 4.69) is 12.2 Å². The molecule has 2 saturated carbocycles. The lowest BCUT2D eigenvalue weighted by molar-refractivity contribution is -0.0666. The summed E-state index contributed by atoms with van der Waals surface area (Å²) in [7, 11) is 0. The van der Waals surface area contributed by atoms with E-state index in [1.807, 2.05) is 0 Å². The first-order chi connectivity index (χ1) is 9.81. The summed E-state index contributed by atoms with van der Waals surface area (Å²) < 4.78 is 6.52. The molecule has 3 aliphatic rings. The van der Waals surface area contributed by atoms with E-state index in [-0.39, 0.29) is 0 Å². The molecule has 2 nitrogen and oxygen atoms in total. The van der Waals surface area contributed by atoms with Crippen molar-refractivity contribution in [2.45, 2.75) is 102 Å². The van der Waals surface area contributed by atoms with Gasteiger partial charge in [-0.2, -0.15) is 0 Å². The van der Waals surface area contributed by atoms with Crippen LogP contribution in [0.25, 0.3) is 0 Å². The minimum absolute atomic E-state index is 0.314. The largest absolute Gasteiger partial charge is 0.372 e. The van der Waals surface area contributed by atoms with Gasteiger partial charge in [-0.05, 0) is 70.3 Å². The minimum atomic E-state index is 0.314. The molecule has 0 aromatic rings. The Morgan fingerprint density at radius 2 is 1.90 bits per heavy atom. The Kier molecular flexibility index (Phi) is 5.04. The lowest BCUT2D eigenvalue weighted by Crippen LogP contribution is -2.34. The molecule has 1 aliphatic heterocycles. The van der Waals surface area contributed by atoms with E-state index in [9.17, 15) is 0 Å². The van der Waals surface area contributed by atoms with Crippen LogP contribution < -0.4 is 5.32 Å². The molecule has 2 unspecified atom stereocenters. The summed E-state index contributed by atoms with van der Waals surface area (Å²) in [4.78, 5) is 0. The van der Waals surface area contributed by atoms with E-state index in [1.54, 1.807) is 0 Å². The van der Waals surface area contributed by atoms with Crippen molar-refractivity contribution in [1.82, 2.24) is 5.32 Å². The van der Waals surface area contributed by atoms with Gasteiger partial charge in [0.25, 0.3) is 0 Å². The molecule has 2 heteroatoms. The van der Waals surface area contributed by atoms with Crippen molar-refractivity contribution in [3.63, 3.8) is 0 Å². The van der Waals surface area contributed by atoms with Crippen LogP contribution in [0.3, 0.4) is 0 Å². The van der Waals surface area contributed by atoms with Gasteiger partial charge in [0.15, 0.2) is 0 Å². The Bertz CT molecular complexity index is 294. The predicted octanol–water partition coefficient (Wildman–Crippen LogP) is 4.43. The van der Waals surface area contributed by atoms with Crippen LogP contribution in [0, 0.1) is 5.92 Å². The SMILES string of the molecule is CCCNC(CCC1CCC2(CCCCC2)O1)C1CC1. The summed E-state index contributed by atoms with van der Waals surface area (Å²) in [6.07, 6.45) is 16.9. The van der Waals surface area contributed by atoms with Crippen molar-refractivity contribution in [1.29, 1.82) is 0 Å². The van der Waals surface area contributed by atoms with E-state index in [1.165, 1.54) is 83.6 Å². The first-order valence-corrected chi connectivity index (χ1v) is 9.22. The third-order valence-electron chi connectivity index (χ3n) is 5.75. The Morgan fingerprint density at radius 3 is 2.60 bits per heavy atom. The van der Waals surface area contributed by atoms with Gasteiger partial charge in [-0.1, -0.05) is 26.2 Å². The third kappa shape index (κ3) is 3.76. The summed E-state index contributed by atoms with van der Waals surface area (Å²) in [6, 6.07) is 0.779. The molecule has 2 aliphatic carbocycles. The zero-order valence-electron chi connectivity index (χ0n) is 13.3. The van der Waals surface area contributed by atoms with E-state index < -0.39 is 0 Å². The van der Waals surface area contributed by atoms with Crippen molar-refractivity contribution in [3.05, 3.63) is 0 Å². The first kappa shape index (κ1) is 14.8. The maximum Gasteiger partial charge on any atom is 0.0687 e. The van der Waals surface area contributed by atoms with Gasteiger partial charge in [-0.15, -0.1) is 0 Å². The highest BCUT2D eigenvalue weighted by Crippen LogP contribution is 2.43. The van der Waals surface area contributed by atoms with Crippen LogP contribution in [0.15, 0.2) is 0 Å². The zero-order chi connectivity index (χ0) is 13.8. The fourth-order valence-corrected chi connectivity index (χ4v) is 4.36. The van der Waals surface area contributed by atoms with E-state index in [0.29, 0.717) is 11.7 Å². The van der Waals surface area contributed by atoms with Crippen molar-refractivity contribution < 1.29 is 4.74 Å². The lowest BCUT2D eigenvalue weighted by atomic mass is 9.83. The van der Waals surface area contributed by atoms with E-state index in [4.69, 9.17) is 4.74 Å². The highest BCUT2D eigenvalue weighted by Gasteiger charge is 2.41. The highest BCUT2D eigenvalue weighted by atomic mass is 16.5. The topological polar surface area (TPSA) is 21.3 Å². The molecule has 3 rings (SSSR count). The van der Waals surface area contributed by atoms with Gasteiger partial charge in [0.05, 0.1) is 11.7 Å². The number of rotatable bonds is 7. The second-order valence-electron chi connectivity index (χ2n) is 7.50. The number of hydrogen-bond acceptors (Lipinski definition) is 2. The molecule has 0 aromatic heterocycles. The molecule has 1 saturated heterocycles. The van der Waals surface area contributed by atoms with Gasteiger partial charge in [0, 0.05) is 6.04 Å². The zero-order valence-corrected chi connectivity index (χ0v) is 13.3. The average Bonchev–Trinajstić information content (AvgIpc) is 3.24.